The zero-order chi connectivity index (χ0) is 13.8. The van der Waals surface area contributed by atoms with Gasteiger partial charge in [-0.3, -0.25) is 0 Å². The first-order valence-electron chi connectivity index (χ1n) is 7.69. The molecule has 0 spiro atoms. The molecule has 4 nitrogen and oxygen atoms in total. The molecule has 0 aliphatic carbocycles. The minimum atomic E-state index is 0.321. The minimum Gasteiger partial charge on any atom is -0.474 e. The van der Waals surface area contributed by atoms with E-state index < -0.39 is 0 Å². The zero-order valence-electron chi connectivity index (χ0n) is 12.3. The highest BCUT2D eigenvalue weighted by Gasteiger charge is 2.24. The van der Waals surface area contributed by atoms with E-state index in [-0.39, 0.29) is 0 Å². The van der Waals surface area contributed by atoms with Crippen LogP contribution in [-0.4, -0.2) is 48.8 Å². The van der Waals surface area contributed by atoms with Gasteiger partial charge in [-0.1, -0.05) is 6.07 Å². The maximum absolute atomic E-state index is 5.97. The fraction of sp³-hybridized carbons (Fsp3) is 0.688. The summed E-state index contributed by atoms with van der Waals surface area (Å²) in [5, 5.41) is 0. The second-order valence-corrected chi connectivity index (χ2v) is 6.02. The summed E-state index contributed by atoms with van der Waals surface area (Å²) >= 11 is 0. The summed E-state index contributed by atoms with van der Waals surface area (Å²) in [6.07, 6.45) is 5.61. The van der Waals surface area contributed by atoms with Crippen LogP contribution in [0.5, 0.6) is 5.88 Å². The monoisotopic (exact) mass is 276 g/mol. The molecule has 0 N–H and O–H groups in total. The summed E-state index contributed by atoms with van der Waals surface area (Å²) in [5.74, 6) is 1.50. The van der Waals surface area contributed by atoms with E-state index in [1.807, 2.05) is 19.2 Å². The second-order valence-electron chi connectivity index (χ2n) is 6.02. The van der Waals surface area contributed by atoms with Gasteiger partial charge in [0.05, 0.1) is 6.61 Å². The first-order valence-corrected chi connectivity index (χ1v) is 7.69. The lowest BCUT2D eigenvalue weighted by atomic mass is 10.0. The van der Waals surface area contributed by atoms with E-state index in [2.05, 4.69) is 16.0 Å². The standard InChI is InChI=1S/C16H24N2O2/c1-13-2-3-16(17-10-13)20-15-4-7-18(8-5-15)11-14-6-9-19-12-14/h2-3,10,14-15H,4-9,11-12H2,1H3. The predicted octanol–water partition coefficient (Wildman–Crippen LogP) is 2.27. The van der Waals surface area contributed by atoms with Gasteiger partial charge in [0.25, 0.3) is 0 Å². The van der Waals surface area contributed by atoms with Crippen molar-refractivity contribution in [3.63, 3.8) is 0 Å². The summed E-state index contributed by atoms with van der Waals surface area (Å²) < 4.78 is 11.4. The van der Waals surface area contributed by atoms with Crippen LogP contribution >= 0.6 is 0 Å². The molecule has 3 rings (SSSR count). The third kappa shape index (κ3) is 3.70. The zero-order valence-corrected chi connectivity index (χ0v) is 12.3. The topological polar surface area (TPSA) is 34.6 Å². The number of piperidine rings is 1. The molecule has 2 aliphatic heterocycles. The number of rotatable bonds is 4. The molecule has 1 atom stereocenters. The Kier molecular flexibility index (Phi) is 4.53. The third-order valence-corrected chi connectivity index (χ3v) is 4.25. The number of hydrogen-bond donors (Lipinski definition) is 0. The first kappa shape index (κ1) is 13.8. The van der Waals surface area contributed by atoms with Gasteiger partial charge in [0.1, 0.15) is 6.10 Å². The summed E-state index contributed by atoms with van der Waals surface area (Å²) in [4.78, 5) is 6.88. The van der Waals surface area contributed by atoms with Crippen molar-refractivity contribution >= 4 is 0 Å². The quantitative estimate of drug-likeness (QED) is 0.845. The highest BCUT2D eigenvalue weighted by Crippen LogP contribution is 2.20. The molecule has 0 amide bonds. The van der Waals surface area contributed by atoms with Crippen LogP contribution in [0.3, 0.4) is 0 Å². The molecule has 1 unspecified atom stereocenters. The Balaban J connectivity index is 1.42. The SMILES string of the molecule is Cc1ccc(OC2CCN(CC3CCOC3)CC2)nc1. The average molecular weight is 276 g/mol. The minimum absolute atomic E-state index is 0.321. The van der Waals surface area contributed by atoms with Crippen LogP contribution in [0, 0.1) is 12.8 Å². The predicted molar refractivity (Wildman–Crippen MR) is 78.0 cm³/mol. The molecule has 0 bridgehead atoms. The van der Waals surface area contributed by atoms with Crippen molar-refractivity contribution < 1.29 is 9.47 Å². The van der Waals surface area contributed by atoms with Gasteiger partial charge in [-0.25, -0.2) is 4.98 Å². The molecule has 1 aromatic heterocycles. The molecule has 2 fully saturated rings. The van der Waals surface area contributed by atoms with Crippen LogP contribution < -0.4 is 4.74 Å². The molecule has 2 saturated heterocycles. The molecule has 0 radical (unpaired) electrons. The van der Waals surface area contributed by atoms with E-state index in [0.717, 1.165) is 50.9 Å². The van der Waals surface area contributed by atoms with Gasteiger partial charge in [0, 0.05) is 38.5 Å². The molecule has 2 aliphatic rings. The Morgan fingerprint density at radius 1 is 1.30 bits per heavy atom. The van der Waals surface area contributed by atoms with Gasteiger partial charge in [-0.05, 0) is 37.7 Å². The normalized spacial score (nSPS) is 24.9. The molecule has 110 valence electrons. The van der Waals surface area contributed by atoms with Gasteiger partial charge in [-0.15, -0.1) is 0 Å². The number of aryl methyl sites for hydroxylation is 1. The number of ether oxygens (including phenoxy) is 2. The van der Waals surface area contributed by atoms with Crippen molar-refractivity contribution in [2.75, 3.05) is 32.8 Å². The van der Waals surface area contributed by atoms with E-state index in [4.69, 9.17) is 9.47 Å². The summed E-state index contributed by atoms with van der Waals surface area (Å²) in [7, 11) is 0. The number of nitrogens with zero attached hydrogens (tertiary/aromatic N) is 2. The van der Waals surface area contributed by atoms with Gasteiger partial charge in [0.15, 0.2) is 0 Å². The highest BCUT2D eigenvalue weighted by molar-refractivity contribution is 5.16. The van der Waals surface area contributed by atoms with E-state index in [9.17, 15) is 0 Å². The van der Waals surface area contributed by atoms with Crippen molar-refractivity contribution in [1.82, 2.24) is 9.88 Å². The Labute approximate surface area is 121 Å². The molecule has 20 heavy (non-hydrogen) atoms. The Hall–Kier alpha value is -1.13. The maximum Gasteiger partial charge on any atom is 0.213 e. The molecule has 1 aromatic rings. The van der Waals surface area contributed by atoms with Crippen molar-refractivity contribution in [3.05, 3.63) is 23.9 Å². The largest absolute Gasteiger partial charge is 0.474 e. The summed E-state index contributed by atoms with van der Waals surface area (Å²) in [5.41, 5.74) is 1.17. The summed E-state index contributed by atoms with van der Waals surface area (Å²) in [6.45, 7) is 7.39. The van der Waals surface area contributed by atoms with Gasteiger partial charge in [0.2, 0.25) is 5.88 Å². The van der Waals surface area contributed by atoms with Crippen molar-refractivity contribution in [2.45, 2.75) is 32.3 Å². The van der Waals surface area contributed by atoms with E-state index in [1.165, 1.54) is 18.5 Å². The maximum atomic E-state index is 5.97. The second kappa shape index (κ2) is 6.55. The van der Waals surface area contributed by atoms with Crippen molar-refractivity contribution in [2.24, 2.45) is 5.92 Å². The Bertz CT molecular complexity index is 407. The van der Waals surface area contributed by atoms with Gasteiger partial charge < -0.3 is 14.4 Å². The number of hydrogen-bond acceptors (Lipinski definition) is 4. The summed E-state index contributed by atoms with van der Waals surface area (Å²) in [6, 6.07) is 4.02. The lowest BCUT2D eigenvalue weighted by molar-refractivity contribution is 0.0850. The molecule has 3 heterocycles. The lowest BCUT2D eigenvalue weighted by Crippen LogP contribution is -2.40. The average Bonchev–Trinajstić information content (AvgIpc) is 2.96. The Morgan fingerprint density at radius 2 is 2.15 bits per heavy atom. The number of likely N-dealkylation sites (tertiary alicyclic amines) is 1. The number of pyridine rings is 1. The van der Waals surface area contributed by atoms with Gasteiger partial charge in [-0.2, -0.15) is 0 Å². The fourth-order valence-corrected chi connectivity index (χ4v) is 3.00. The van der Waals surface area contributed by atoms with E-state index in [1.54, 1.807) is 0 Å². The van der Waals surface area contributed by atoms with Crippen molar-refractivity contribution in [3.8, 4) is 5.88 Å². The molecule has 0 aromatic carbocycles. The van der Waals surface area contributed by atoms with Crippen LogP contribution in [-0.2, 0) is 4.74 Å². The van der Waals surface area contributed by atoms with Crippen LogP contribution in [0.15, 0.2) is 18.3 Å². The van der Waals surface area contributed by atoms with Crippen molar-refractivity contribution in [1.29, 1.82) is 0 Å². The van der Waals surface area contributed by atoms with Crippen LogP contribution in [0.2, 0.25) is 0 Å². The van der Waals surface area contributed by atoms with E-state index in [0.29, 0.717) is 6.10 Å². The van der Waals surface area contributed by atoms with Crippen LogP contribution in [0.1, 0.15) is 24.8 Å². The fourth-order valence-electron chi connectivity index (χ4n) is 3.00. The highest BCUT2D eigenvalue weighted by atomic mass is 16.5. The van der Waals surface area contributed by atoms with E-state index >= 15 is 0 Å². The molecular formula is C16H24N2O2. The van der Waals surface area contributed by atoms with Crippen LogP contribution in [0.4, 0.5) is 0 Å². The van der Waals surface area contributed by atoms with Gasteiger partial charge >= 0.3 is 0 Å². The smallest absolute Gasteiger partial charge is 0.213 e. The molecule has 4 heteroatoms. The number of aromatic nitrogens is 1. The van der Waals surface area contributed by atoms with Crippen LogP contribution in [0.25, 0.3) is 0 Å². The lowest BCUT2D eigenvalue weighted by Gasteiger charge is -2.33. The third-order valence-electron chi connectivity index (χ3n) is 4.25. The molecule has 0 saturated carbocycles. The Morgan fingerprint density at radius 3 is 2.80 bits per heavy atom. The molecular weight excluding hydrogens is 252 g/mol. The first-order chi connectivity index (χ1) is 9.79.